The van der Waals surface area contributed by atoms with Crippen molar-refractivity contribution in [2.24, 2.45) is 52.3 Å². The molecular formula is C59H76O7. The van der Waals surface area contributed by atoms with Gasteiger partial charge in [-0.15, -0.1) is 0 Å². The van der Waals surface area contributed by atoms with E-state index in [4.69, 9.17) is 23.7 Å². The van der Waals surface area contributed by atoms with Crippen LogP contribution < -0.4 is 0 Å². The number of fused-ring (bicyclic) bond motifs is 5. The first-order valence-electron chi connectivity index (χ1n) is 25.1. The summed E-state index contributed by atoms with van der Waals surface area (Å²) in [5, 5.41) is 12.1. The average molecular weight is 897 g/mol. The molecule has 4 aromatic carbocycles. The summed E-state index contributed by atoms with van der Waals surface area (Å²) in [4.78, 5) is 11.6. The minimum atomic E-state index is -0.497. The Morgan fingerprint density at radius 2 is 1.15 bits per heavy atom. The molecule has 0 amide bonds. The number of carbonyl (C=O) groups excluding carboxylic acids is 1. The molecule has 6 unspecified atom stereocenters. The summed E-state index contributed by atoms with van der Waals surface area (Å²) in [6.45, 7) is 15.6. The molecule has 0 heterocycles. The van der Waals surface area contributed by atoms with E-state index in [1.165, 1.54) is 12.5 Å². The normalized spacial score (nSPS) is 30.6. The van der Waals surface area contributed by atoms with Gasteiger partial charge in [-0.25, -0.2) is 0 Å². The molecule has 0 aromatic heterocycles. The predicted octanol–water partition coefficient (Wildman–Crippen LogP) is 12.3. The Kier molecular flexibility index (Phi) is 16.0. The van der Waals surface area contributed by atoms with Crippen molar-refractivity contribution in [1.82, 2.24) is 0 Å². The second kappa shape index (κ2) is 21.9. The van der Waals surface area contributed by atoms with E-state index in [1.807, 2.05) is 0 Å². The molecular weight excluding hydrogens is 821 g/mol. The second-order valence-corrected chi connectivity index (χ2v) is 21.1. The number of aliphatic hydroxyl groups is 1. The molecule has 354 valence electrons. The summed E-state index contributed by atoms with van der Waals surface area (Å²) in [7, 11) is 0. The summed E-state index contributed by atoms with van der Waals surface area (Å²) in [6, 6.07) is 42.3. The zero-order chi connectivity index (χ0) is 46.3. The van der Waals surface area contributed by atoms with Gasteiger partial charge in [0.15, 0.2) is 0 Å². The number of hydrogen-bond acceptors (Lipinski definition) is 7. The van der Waals surface area contributed by atoms with Gasteiger partial charge in [0, 0.05) is 18.8 Å². The maximum absolute atomic E-state index is 12.1. The zero-order valence-electron chi connectivity index (χ0n) is 40.4. The van der Waals surface area contributed by atoms with Crippen LogP contribution in [0.15, 0.2) is 133 Å². The Morgan fingerprint density at radius 3 is 1.67 bits per heavy atom. The predicted molar refractivity (Wildman–Crippen MR) is 261 cm³/mol. The molecule has 0 radical (unpaired) electrons. The van der Waals surface area contributed by atoms with Gasteiger partial charge in [0.05, 0.1) is 63.6 Å². The van der Waals surface area contributed by atoms with Crippen molar-refractivity contribution in [2.75, 3.05) is 6.61 Å². The molecule has 3 saturated carbocycles. The third kappa shape index (κ3) is 10.8. The third-order valence-corrected chi connectivity index (χ3v) is 16.8. The van der Waals surface area contributed by atoms with Gasteiger partial charge in [0.25, 0.3) is 0 Å². The molecule has 8 rings (SSSR count). The first-order valence-corrected chi connectivity index (χ1v) is 25.1. The largest absolute Gasteiger partial charge is 0.466 e. The minimum Gasteiger partial charge on any atom is -0.466 e. The lowest BCUT2D eigenvalue weighted by Gasteiger charge is -2.66. The van der Waals surface area contributed by atoms with Gasteiger partial charge in [-0.2, -0.15) is 0 Å². The van der Waals surface area contributed by atoms with E-state index in [0.717, 1.165) is 60.8 Å². The van der Waals surface area contributed by atoms with Crippen LogP contribution in [0.4, 0.5) is 0 Å². The number of esters is 1. The van der Waals surface area contributed by atoms with Crippen LogP contribution in [-0.2, 0) is 54.9 Å². The van der Waals surface area contributed by atoms with Crippen molar-refractivity contribution < 1.29 is 33.6 Å². The molecule has 3 fully saturated rings. The summed E-state index contributed by atoms with van der Waals surface area (Å²) < 4.78 is 34.7. The molecule has 4 aromatic rings. The lowest BCUT2D eigenvalue weighted by molar-refractivity contribution is -0.284. The third-order valence-electron chi connectivity index (χ3n) is 16.8. The lowest BCUT2D eigenvalue weighted by atomic mass is 9.42. The van der Waals surface area contributed by atoms with Gasteiger partial charge in [0.1, 0.15) is 0 Å². The van der Waals surface area contributed by atoms with E-state index < -0.39 is 6.10 Å². The smallest absolute Gasteiger partial charge is 0.302 e. The second-order valence-electron chi connectivity index (χ2n) is 21.1. The van der Waals surface area contributed by atoms with Crippen LogP contribution in [0.25, 0.3) is 0 Å². The molecule has 0 spiro atoms. The van der Waals surface area contributed by atoms with E-state index in [0.29, 0.717) is 57.2 Å². The molecule has 1 N–H and O–H groups in total. The van der Waals surface area contributed by atoms with Crippen LogP contribution in [0.1, 0.15) is 109 Å². The van der Waals surface area contributed by atoms with E-state index in [-0.39, 0.29) is 64.9 Å². The molecule has 13 atom stereocenters. The number of ether oxygens (including phenoxy) is 5. The first-order chi connectivity index (χ1) is 32.0. The maximum atomic E-state index is 12.1. The van der Waals surface area contributed by atoms with E-state index in [2.05, 4.69) is 162 Å². The SMILES string of the molecule is CC(=O)OCCC(C[C@H](O)C(C)C1=CCC2C3C(CC[C@]12C)[C@@]1(C)CC[C@@H](OCc2ccccc2)[C@H](OCc2ccccc2)C1[C@@H](OCc1ccccc1)[C@@H]3OCc1ccccc1)C(C)C. The molecule has 66 heavy (non-hydrogen) atoms. The van der Waals surface area contributed by atoms with Crippen LogP contribution in [0, 0.1) is 52.3 Å². The highest BCUT2D eigenvalue weighted by Gasteiger charge is 2.67. The van der Waals surface area contributed by atoms with Crippen molar-refractivity contribution in [3.63, 3.8) is 0 Å². The molecule has 7 heteroatoms. The van der Waals surface area contributed by atoms with Gasteiger partial charge in [0.2, 0.25) is 0 Å². The minimum absolute atomic E-state index is 0.000218. The quantitative estimate of drug-likeness (QED) is 0.0699. The van der Waals surface area contributed by atoms with E-state index in [1.54, 1.807) is 0 Å². The molecule has 4 aliphatic rings. The van der Waals surface area contributed by atoms with Crippen molar-refractivity contribution >= 4 is 5.97 Å². The van der Waals surface area contributed by atoms with Crippen LogP contribution in [0.3, 0.4) is 0 Å². The molecule has 0 aliphatic heterocycles. The lowest BCUT2D eigenvalue weighted by Crippen LogP contribution is -2.69. The molecule has 7 nitrogen and oxygen atoms in total. The Labute approximate surface area is 395 Å². The Balaban J connectivity index is 1.16. The van der Waals surface area contributed by atoms with Gasteiger partial charge in [-0.1, -0.05) is 168 Å². The van der Waals surface area contributed by atoms with Crippen molar-refractivity contribution in [3.8, 4) is 0 Å². The van der Waals surface area contributed by atoms with Gasteiger partial charge in [-0.3, -0.25) is 4.79 Å². The fourth-order valence-corrected chi connectivity index (χ4v) is 13.2. The standard InChI is InChI=1S/C59H76O7/c1-40(2)47(31-34-62-42(4)60)35-51(61)41(3)48-27-28-49-53-50(29-32-58(48,49)5)59(6)33-30-52(63-36-43-19-11-7-12-20-43)55(64-37-44-21-13-8-14-22-44)54(59)57(66-39-46-25-17-10-18-26-46)56(53)65-38-45-23-15-9-16-24-45/h7-27,40-41,47,49-57,61H,28-39H2,1-6H3/t41?,47?,49?,50?,51-,52+,53?,54?,55-,56+,57+,58+,59+/m0/s1. The maximum Gasteiger partial charge on any atom is 0.302 e. The zero-order valence-corrected chi connectivity index (χ0v) is 40.4. The topological polar surface area (TPSA) is 83.5 Å². The van der Waals surface area contributed by atoms with Crippen LogP contribution >= 0.6 is 0 Å². The molecule has 0 saturated heterocycles. The summed E-state index contributed by atoms with van der Waals surface area (Å²) in [6.07, 6.45) is 7.62. The van der Waals surface area contributed by atoms with Crippen LogP contribution in [-0.4, -0.2) is 48.2 Å². The fraction of sp³-hybridized carbons (Fsp3) is 0.542. The van der Waals surface area contributed by atoms with Crippen LogP contribution in [0.5, 0.6) is 0 Å². The average Bonchev–Trinajstić information content (AvgIpc) is 3.69. The number of aliphatic hydroxyl groups excluding tert-OH is 1. The number of carbonyl (C=O) groups is 1. The van der Waals surface area contributed by atoms with Crippen LogP contribution in [0.2, 0.25) is 0 Å². The highest BCUT2D eigenvalue weighted by molar-refractivity contribution is 5.65. The van der Waals surface area contributed by atoms with E-state index >= 15 is 0 Å². The number of allylic oxidation sites excluding steroid dienone is 1. The molecule has 0 bridgehead atoms. The van der Waals surface area contributed by atoms with Crippen molar-refractivity contribution in [1.29, 1.82) is 0 Å². The van der Waals surface area contributed by atoms with Crippen molar-refractivity contribution in [3.05, 3.63) is 155 Å². The summed E-state index contributed by atoms with van der Waals surface area (Å²) >= 11 is 0. The Hall–Kier alpha value is -4.11. The highest BCUT2D eigenvalue weighted by Crippen LogP contribution is 2.68. The highest BCUT2D eigenvalue weighted by atomic mass is 16.6. The first kappa shape index (κ1) is 48.4. The fourth-order valence-electron chi connectivity index (χ4n) is 13.2. The summed E-state index contributed by atoms with van der Waals surface area (Å²) in [5.74, 6) is 1.28. The number of rotatable bonds is 20. The monoisotopic (exact) mass is 897 g/mol. The number of benzene rings is 4. The number of hydrogen-bond donors (Lipinski definition) is 1. The Bertz CT molecular complexity index is 2140. The van der Waals surface area contributed by atoms with Gasteiger partial charge in [-0.05, 0) is 108 Å². The van der Waals surface area contributed by atoms with E-state index in [9.17, 15) is 9.90 Å². The molecule has 4 aliphatic carbocycles. The Morgan fingerprint density at radius 1 is 0.652 bits per heavy atom. The summed E-state index contributed by atoms with van der Waals surface area (Å²) in [5.41, 5.74) is 5.79. The van der Waals surface area contributed by atoms with Gasteiger partial charge < -0.3 is 28.8 Å². The van der Waals surface area contributed by atoms with Crippen molar-refractivity contribution in [2.45, 2.75) is 143 Å². The van der Waals surface area contributed by atoms with Gasteiger partial charge >= 0.3 is 5.97 Å².